The standard InChI is InChI=1S/C18H27NO4/c1-2-3-4-6-11-16(12-17(20)21)13-19-18(22)23-14-15-9-7-5-8-10-15/h5,7-10,16H,2-4,6,11-14H2,1H3,(H,19,22)(H,20,21). The summed E-state index contributed by atoms with van der Waals surface area (Å²) in [6, 6.07) is 9.44. The third-order valence-electron chi connectivity index (χ3n) is 3.68. The van der Waals surface area contributed by atoms with Crippen LogP contribution < -0.4 is 5.32 Å². The first kappa shape index (κ1) is 19.0. The van der Waals surface area contributed by atoms with E-state index in [4.69, 9.17) is 9.84 Å². The predicted octanol–water partition coefficient (Wildman–Crippen LogP) is 3.97. The number of alkyl carbamates (subject to hydrolysis) is 1. The Morgan fingerprint density at radius 2 is 1.91 bits per heavy atom. The summed E-state index contributed by atoms with van der Waals surface area (Å²) in [5.74, 6) is -0.876. The fraction of sp³-hybridized carbons (Fsp3) is 0.556. The van der Waals surface area contributed by atoms with Gasteiger partial charge >= 0.3 is 12.1 Å². The van der Waals surface area contributed by atoms with Gasteiger partial charge < -0.3 is 15.2 Å². The number of benzene rings is 1. The van der Waals surface area contributed by atoms with E-state index in [1.807, 2.05) is 30.3 Å². The van der Waals surface area contributed by atoms with Crippen molar-refractivity contribution in [2.24, 2.45) is 5.92 Å². The molecular weight excluding hydrogens is 294 g/mol. The summed E-state index contributed by atoms with van der Waals surface area (Å²) < 4.78 is 5.13. The molecule has 2 N–H and O–H groups in total. The number of rotatable bonds is 11. The third-order valence-corrected chi connectivity index (χ3v) is 3.68. The largest absolute Gasteiger partial charge is 0.481 e. The minimum absolute atomic E-state index is 0.0476. The van der Waals surface area contributed by atoms with E-state index in [0.29, 0.717) is 6.54 Å². The highest BCUT2D eigenvalue weighted by atomic mass is 16.5. The van der Waals surface area contributed by atoms with Gasteiger partial charge in [0, 0.05) is 13.0 Å². The van der Waals surface area contributed by atoms with Crippen molar-refractivity contribution in [3.05, 3.63) is 35.9 Å². The molecule has 0 aliphatic carbocycles. The number of carboxylic acids is 1. The van der Waals surface area contributed by atoms with Crippen molar-refractivity contribution in [2.75, 3.05) is 6.54 Å². The summed E-state index contributed by atoms with van der Waals surface area (Å²) in [6.07, 6.45) is 4.78. The van der Waals surface area contributed by atoms with Gasteiger partial charge in [-0.05, 0) is 17.9 Å². The quantitative estimate of drug-likeness (QED) is 0.605. The highest BCUT2D eigenvalue weighted by Gasteiger charge is 2.14. The molecule has 1 aromatic carbocycles. The van der Waals surface area contributed by atoms with Crippen molar-refractivity contribution in [2.45, 2.75) is 52.1 Å². The minimum Gasteiger partial charge on any atom is -0.481 e. The normalized spacial score (nSPS) is 11.7. The number of carbonyl (C=O) groups is 2. The Morgan fingerprint density at radius 3 is 2.57 bits per heavy atom. The van der Waals surface area contributed by atoms with Gasteiger partial charge in [0.2, 0.25) is 0 Å². The van der Waals surface area contributed by atoms with Gasteiger partial charge in [0.15, 0.2) is 0 Å². The van der Waals surface area contributed by atoms with E-state index in [-0.39, 0.29) is 18.9 Å². The van der Waals surface area contributed by atoms with E-state index in [2.05, 4.69) is 12.2 Å². The van der Waals surface area contributed by atoms with Crippen LogP contribution in [0.4, 0.5) is 4.79 Å². The fourth-order valence-electron chi connectivity index (χ4n) is 2.38. The second kappa shape index (κ2) is 11.5. The van der Waals surface area contributed by atoms with E-state index < -0.39 is 12.1 Å². The number of carbonyl (C=O) groups excluding carboxylic acids is 1. The number of nitrogens with one attached hydrogen (secondary N) is 1. The zero-order valence-corrected chi connectivity index (χ0v) is 13.8. The first-order chi connectivity index (χ1) is 11.1. The fourth-order valence-corrected chi connectivity index (χ4v) is 2.38. The van der Waals surface area contributed by atoms with Gasteiger partial charge in [0.05, 0.1) is 0 Å². The Balaban J connectivity index is 2.28. The predicted molar refractivity (Wildman–Crippen MR) is 89.1 cm³/mol. The van der Waals surface area contributed by atoms with Crippen LogP contribution in [-0.4, -0.2) is 23.7 Å². The zero-order chi connectivity index (χ0) is 16.9. The van der Waals surface area contributed by atoms with Crippen LogP contribution >= 0.6 is 0 Å². The Hall–Kier alpha value is -2.04. The zero-order valence-electron chi connectivity index (χ0n) is 13.8. The van der Waals surface area contributed by atoms with Crippen molar-refractivity contribution in [3.63, 3.8) is 0 Å². The number of unbranched alkanes of at least 4 members (excludes halogenated alkanes) is 3. The average Bonchev–Trinajstić information content (AvgIpc) is 2.55. The van der Waals surface area contributed by atoms with Gasteiger partial charge in [-0.2, -0.15) is 0 Å². The van der Waals surface area contributed by atoms with Crippen LogP contribution in [0.25, 0.3) is 0 Å². The lowest BCUT2D eigenvalue weighted by atomic mass is 9.97. The Kier molecular flexibility index (Phi) is 9.52. The molecule has 0 heterocycles. The lowest BCUT2D eigenvalue weighted by molar-refractivity contribution is -0.138. The summed E-state index contributed by atoms with van der Waals surface area (Å²) in [4.78, 5) is 22.6. The van der Waals surface area contributed by atoms with Crippen molar-refractivity contribution >= 4 is 12.1 Å². The SMILES string of the molecule is CCCCCCC(CNC(=O)OCc1ccccc1)CC(=O)O. The summed E-state index contributed by atoms with van der Waals surface area (Å²) >= 11 is 0. The summed E-state index contributed by atoms with van der Waals surface area (Å²) in [6.45, 7) is 2.69. The summed E-state index contributed by atoms with van der Waals surface area (Å²) in [5.41, 5.74) is 0.921. The van der Waals surface area contributed by atoms with Crippen LogP contribution in [-0.2, 0) is 16.1 Å². The summed E-state index contributed by atoms with van der Waals surface area (Å²) in [5, 5.41) is 11.6. The molecule has 1 aromatic rings. The van der Waals surface area contributed by atoms with E-state index in [1.54, 1.807) is 0 Å². The van der Waals surface area contributed by atoms with Crippen molar-refractivity contribution in [3.8, 4) is 0 Å². The molecule has 23 heavy (non-hydrogen) atoms. The molecule has 0 radical (unpaired) electrons. The van der Waals surface area contributed by atoms with Gasteiger partial charge in [-0.3, -0.25) is 4.79 Å². The van der Waals surface area contributed by atoms with Gasteiger partial charge in [-0.15, -0.1) is 0 Å². The molecule has 0 aromatic heterocycles. The maximum atomic E-state index is 11.7. The molecule has 0 aliphatic rings. The van der Waals surface area contributed by atoms with Crippen LogP contribution in [0.3, 0.4) is 0 Å². The molecule has 0 fully saturated rings. The molecule has 5 heteroatoms. The Bertz CT molecular complexity index is 461. The topological polar surface area (TPSA) is 75.6 Å². The van der Waals surface area contributed by atoms with Crippen LogP contribution in [0.1, 0.15) is 51.0 Å². The highest BCUT2D eigenvalue weighted by Crippen LogP contribution is 2.14. The number of hydrogen-bond acceptors (Lipinski definition) is 3. The maximum Gasteiger partial charge on any atom is 0.407 e. The molecule has 1 unspecified atom stereocenters. The number of ether oxygens (including phenoxy) is 1. The van der Waals surface area contributed by atoms with Crippen molar-refractivity contribution in [1.82, 2.24) is 5.32 Å². The van der Waals surface area contributed by atoms with Crippen LogP contribution in [0, 0.1) is 5.92 Å². The molecule has 0 aliphatic heterocycles. The maximum absolute atomic E-state index is 11.7. The molecule has 1 rings (SSSR count). The number of hydrogen-bond donors (Lipinski definition) is 2. The molecule has 0 saturated carbocycles. The molecule has 0 saturated heterocycles. The van der Waals surface area contributed by atoms with E-state index in [0.717, 1.165) is 37.7 Å². The van der Waals surface area contributed by atoms with Gasteiger partial charge in [-0.25, -0.2) is 4.79 Å². The summed E-state index contributed by atoms with van der Waals surface area (Å²) in [7, 11) is 0. The van der Waals surface area contributed by atoms with E-state index in [1.165, 1.54) is 0 Å². The number of aliphatic carboxylic acids is 1. The lowest BCUT2D eigenvalue weighted by Crippen LogP contribution is -2.30. The minimum atomic E-state index is -0.829. The monoisotopic (exact) mass is 321 g/mol. The van der Waals surface area contributed by atoms with Gasteiger partial charge in [-0.1, -0.05) is 62.9 Å². The first-order valence-electron chi connectivity index (χ1n) is 8.28. The molecule has 1 atom stereocenters. The highest BCUT2D eigenvalue weighted by molar-refractivity contribution is 5.68. The molecule has 0 spiro atoms. The van der Waals surface area contributed by atoms with Crippen molar-refractivity contribution < 1.29 is 19.4 Å². The molecule has 128 valence electrons. The van der Waals surface area contributed by atoms with Crippen LogP contribution in [0.5, 0.6) is 0 Å². The Labute approximate surface area is 138 Å². The second-order valence-corrected chi connectivity index (χ2v) is 5.76. The van der Waals surface area contributed by atoms with Gasteiger partial charge in [0.1, 0.15) is 6.61 Å². The van der Waals surface area contributed by atoms with E-state index in [9.17, 15) is 9.59 Å². The molecular formula is C18H27NO4. The van der Waals surface area contributed by atoms with Crippen molar-refractivity contribution in [1.29, 1.82) is 0 Å². The second-order valence-electron chi connectivity index (χ2n) is 5.76. The van der Waals surface area contributed by atoms with E-state index >= 15 is 0 Å². The number of amides is 1. The average molecular weight is 321 g/mol. The van der Waals surface area contributed by atoms with Crippen LogP contribution in [0.2, 0.25) is 0 Å². The third kappa shape index (κ3) is 9.55. The first-order valence-corrected chi connectivity index (χ1v) is 8.28. The molecule has 5 nitrogen and oxygen atoms in total. The number of carboxylic acid groups (broad SMARTS) is 1. The molecule has 0 bridgehead atoms. The van der Waals surface area contributed by atoms with Crippen LogP contribution in [0.15, 0.2) is 30.3 Å². The smallest absolute Gasteiger partial charge is 0.407 e. The molecule has 1 amide bonds. The lowest BCUT2D eigenvalue weighted by Gasteiger charge is -2.15. The Morgan fingerprint density at radius 1 is 1.17 bits per heavy atom. The van der Waals surface area contributed by atoms with Gasteiger partial charge in [0.25, 0.3) is 0 Å².